The molecular formula is C24H21BrClNO4S. The molecule has 0 aromatic heterocycles. The molecule has 0 heterocycles. The number of carbonyl (C=O) groups is 2. The number of amides is 1. The molecule has 0 saturated heterocycles. The summed E-state index contributed by atoms with van der Waals surface area (Å²) in [6.45, 7) is 3.24. The van der Waals surface area contributed by atoms with Crippen molar-refractivity contribution < 1.29 is 18.0 Å². The maximum absolute atomic E-state index is 13.1. The van der Waals surface area contributed by atoms with Crippen molar-refractivity contribution >= 4 is 54.7 Å². The zero-order valence-electron chi connectivity index (χ0n) is 17.4. The molecule has 1 N–H and O–H groups in total. The number of nitrogens with one attached hydrogen (secondary N) is 1. The topological polar surface area (TPSA) is 80.3 Å². The van der Waals surface area contributed by atoms with Crippen molar-refractivity contribution in [3.8, 4) is 0 Å². The van der Waals surface area contributed by atoms with Crippen LogP contribution >= 0.6 is 27.5 Å². The second-order valence-electron chi connectivity index (χ2n) is 7.46. The highest BCUT2D eigenvalue weighted by atomic mass is 79.9. The summed E-state index contributed by atoms with van der Waals surface area (Å²) in [4.78, 5) is 25.9. The molecule has 0 spiro atoms. The number of hydrogen-bond donors (Lipinski definition) is 1. The highest BCUT2D eigenvalue weighted by Gasteiger charge is 2.20. The largest absolute Gasteiger partial charge is 0.325 e. The fourth-order valence-electron chi connectivity index (χ4n) is 3.05. The fraction of sp³-hybridized carbons (Fsp3) is 0.167. The van der Waals surface area contributed by atoms with Gasteiger partial charge in [0.05, 0.1) is 27.3 Å². The van der Waals surface area contributed by atoms with Gasteiger partial charge in [-0.1, -0.05) is 51.8 Å². The zero-order valence-corrected chi connectivity index (χ0v) is 20.6. The van der Waals surface area contributed by atoms with Crippen LogP contribution in [0.1, 0.15) is 35.3 Å². The van der Waals surface area contributed by atoms with E-state index in [9.17, 15) is 18.0 Å². The molecule has 8 heteroatoms. The summed E-state index contributed by atoms with van der Waals surface area (Å²) in [5.41, 5.74) is 1.66. The number of carbonyl (C=O) groups excluding carboxylic acids is 2. The van der Waals surface area contributed by atoms with Crippen LogP contribution in [0.5, 0.6) is 0 Å². The zero-order chi connectivity index (χ0) is 23.5. The Bertz CT molecular complexity index is 1270. The van der Waals surface area contributed by atoms with E-state index < -0.39 is 15.1 Å². The van der Waals surface area contributed by atoms with Crippen LogP contribution in [-0.4, -0.2) is 25.4 Å². The van der Waals surface area contributed by atoms with Crippen molar-refractivity contribution in [2.24, 2.45) is 0 Å². The average molecular weight is 535 g/mol. The van der Waals surface area contributed by atoms with Gasteiger partial charge in [-0.25, -0.2) is 8.42 Å². The molecule has 0 atom stereocenters. The van der Waals surface area contributed by atoms with Crippen molar-refractivity contribution in [3.63, 3.8) is 0 Å². The molecule has 0 aliphatic rings. The lowest BCUT2D eigenvalue weighted by atomic mass is 10.0. The summed E-state index contributed by atoms with van der Waals surface area (Å²) >= 11 is 9.54. The van der Waals surface area contributed by atoms with Crippen LogP contribution < -0.4 is 5.32 Å². The number of benzene rings is 3. The monoisotopic (exact) mass is 533 g/mol. The lowest BCUT2D eigenvalue weighted by Crippen LogP contribution is -2.17. The Morgan fingerprint density at radius 3 is 2.25 bits per heavy atom. The van der Waals surface area contributed by atoms with Crippen molar-refractivity contribution in [1.82, 2.24) is 0 Å². The van der Waals surface area contributed by atoms with Gasteiger partial charge in [0.25, 0.3) is 0 Å². The lowest BCUT2D eigenvalue weighted by molar-refractivity contribution is -0.115. The van der Waals surface area contributed by atoms with E-state index in [1.807, 2.05) is 0 Å². The summed E-state index contributed by atoms with van der Waals surface area (Å²) in [7, 11) is -3.37. The van der Waals surface area contributed by atoms with Crippen LogP contribution in [0.4, 0.5) is 5.69 Å². The highest BCUT2D eigenvalue weighted by Crippen LogP contribution is 2.27. The van der Waals surface area contributed by atoms with Gasteiger partial charge in [-0.3, -0.25) is 9.59 Å². The number of hydrogen-bond acceptors (Lipinski definition) is 4. The minimum atomic E-state index is -3.37. The van der Waals surface area contributed by atoms with E-state index in [0.29, 0.717) is 31.9 Å². The number of rotatable bonds is 7. The Morgan fingerprint density at radius 1 is 0.969 bits per heavy atom. The smallest absolute Gasteiger partial charge is 0.228 e. The Morgan fingerprint density at radius 2 is 1.62 bits per heavy atom. The van der Waals surface area contributed by atoms with Crippen molar-refractivity contribution in [3.05, 3.63) is 92.9 Å². The van der Waals surface area contributed by atoms with Crippen LogP contribution in [0, 0.1) is 0 Å². The lowest BCUT2D eigenvalue weighted by Gasteiger charge is -2.12. The van der Waals surface area contributed by atoms with Gasteiger partial charge in [-0.15, -0.1) is 0 Å². The quantitative estimate of drug-likeness (QED) is 0.395. The molecule has 3 aromatic carbocycles. The van der Waals surface area contributed by atoms with E-state index >= 15 is 0 Å². The molecule has 3 rings (SSSR count). The van der Waals surface area contributed by atoms with E-state index in [0.717, 1.165) is 0 Å². The SMILES string of the molecule is CC(C)S(=O)(=O)c1ccc(CC(=O)Nc2ccc(Br)cc2C(=O)c2ccccc2Cl)cc1. The third-order valence-corrected chi connectivity index (χ3v) is 7.85. The van der Waals surface area contributed by atoms with Crippen LogP contribution in [0.15, 0.2) is 76.1 Å². The second kappa shape index (κ2) is 9.98. The molecule has 0 aliphatic carbocycles. The molecule has 1 amide bonds. The molecule has 0 radical (unpaired) electrons. The van der Waals surface area contributed by atoms with Crippen LogP contribution in [0.3, 0.4) is 0 Å². The minimum absolute atomic E-state index is 0.0256. The Balaban J connectivity index is 1.80. The van der Waals surface area contributed by atoms with Crippen LogP contribution in [0.25, 0.3) is 0 Å². The molecule has 32 heavy (non-hydrogen) atoms. The summed E-state index contributed by atoms with van der Waals surface area (Å²) in [5.74, 6) is -0.643. The van der Waals surface area contributed by atoms with Gasteiger partial charge in [-0.05, 0) is 61.9 Å². The molecule has 0 unspecified atom stereocenters. The fourth-order valence-corrected chi connectivity index (χ4v) is 4.70. The Hall–Kier alpha value is -2.48. The van der Waals surface area contributed by atoms with E-state index in [-0.39, 0.29) is 23.0 Å². The molecule has 5 nitrogen and oxygen atoms in total. The first-order valence-corrected chi connectivity index (χ1v) is 12.5. The van der Waals surface area contributed by atoms with Gasteiger partial charge in [0.15, 0.2) is 15.6 Å². The van der Waals surface area contributed by atoms with Crippen molar-refractivity contribution in [2.45, 2.75) is 30.4 Å². The number of anilines is 1. The van der Waals surface area contributed by atoms with E-state index in [1.54, 1.807) is 68.4 Å². The van der Waals surface area contributed by atoms with Gasteiger partial charge in [-0.2, -0.15) is 0 Å². The third-order valence-electron chi connectivity index (χ3n) is 4.86. The Labute approximate surface area is 200 Å². The first kappa shape index (κ1) is 24.2. The van der Waals surface area contributed by atoms with Gasteiger partial charge < -0.3 is 5.32 Å². The van der Waals surface area contributed by atoms with Gasteiger partial charge in [0.2, 0.25) is 5.91 Å². The number of sulfone groups is 1. The summed E-state index contributed by atoms with van der Waals surface area (Å²) in [6.07, 6.45) is 0.0256. The van der Waals surface area contributed by atoms with E-state index in [1.165, 1.54) is 12.1 Å². The molecule has 166 valence electrons. The molecule has 0 saturated carbocycles. The molecule has 3 aromatic rings. The van der Waals surface area contributed by atoms with Gasteiger partial charge in [0.1, 0.15) is 0 Å². The van der Waals surface area contributed by atoms with Crippen LogP contribution in [0.2, 0.25) is 5.02 Å². The molecule has 0 fully saturated rings. The standard InChI is InChI=1S/C24H21BrClNO4S/c1-15(2)32(30,31)18-10-7-16(8-11-18)13-23(28)27-22-12-9-17(25)14-20(22)24(29)19-5-3-4-6-21(19)26/h3-12,14-15H,13H2,1-2H3,(H,27,28). The second-order valence-corrected chi connectivity index (χ2v) is 11.3. The molecular weight excluding hydrogens is 514 g/mol. The first-order chi connectivity index (χ1) is 15.1. The minimum Gasteiger partial charge on any atom is -0.325 e. The number of halogens is 2. The maximum atomic E-state index is 13.1. The normalized spacial score (nSPS) is 11.4. The van der Waals surface area contributed by atoms with E-state index in [4.69, 9.17) is 11.6 Å². The maximum Gasteiger partial charge on any atom is 0.228 e. The summed E-state index contributed by atoms with van der Waals surface area (Å²) < 4.78 is 25.2. The molecule has 0 aliphatic heterocycles. The summed E-state index contributed by atoms with van der Waals surface area (Å²) in [5, 5.41) is 2.58. The van der Waals surface area contributed by atoms with Crippen molar-refractivity contribution in [1.29, 1.82) is 0 Å². The predicted molar refractivity (Wildman–Crippen MR) is 130 cm³/mol. The third kappa shape index (κ3) is 5.46. The van der Waals surface area contributed by atoms with Crippen molar-refractivity contribution in [2.75, 3.05) is 5.32 Å². The molecule has 0 bridgehead atoms. The van der Waals surface area contributed by atoms with Gasteiger partial charge in [0, 0.05) is 15.6 Å². The highest BCUT2D eigenvalue weighted by molar-refractivity contribution is 9.10. The number of ketones is 1. The average Bonchev–Trinajstić information content (AvgIpc) is 2.75. The van der Waals surface area contributed by atoms with E-state index in [2.05, 4.69) is 21.2 Å². The summed E-state index contributed by atoms with van der Waals surface area (Å²) in [6, 6.07) is 18.0. The van der Waals surface area contributed by atoms with Crippen LogP contribution in [-0.2, 0) is 21.1 Å². The predicted octanol–water partition coefficient (Wildman–Crippen LogP) is 5.70. The van der Waals surface area contributed by atoms with Gasteiger partial charge >= 0.3 is 0 Å². The Kier molecular flexibility index (Phi) is 7.54. The first-order valence-electron chi connectivity index (χ1n) is 9.81.